The Morgan fingerprint density at radius 2 is 1.81 bits per heavy atom. The Hall–Kier alpha value is -1.28. The summed E-state index contributed by atoms with van der Waals surface area (Å²) < 4.78 is 5.91. The summed E-state index contributed by atoms with van der Waals surface area (Å²) in [5, 5.41) is 10.1. The van der Waals surface area contributed by atoms with E-state index in [1.807, 2.05) is 13.8 Å². The molecule has 2 heteroatoms. The second-order valence-electron chi connectivity index (χ2n) is 7.83. The first kappa shape index (κ1) is 21.0. The molecule has 1 heterocycles. The first-order valence-electron chi connectivity index (χ1n) is 10.7. The monoisotopic (exact) mass is 358 g/mol. The van der Waals surface area contributed by atoms with E-state index in [2.05, 4.69) is 38.1 Å². The molecule has 1 aliphatic heterocycles. The number of allylic oxidation sites excluding steroid dienone is 2. The predicted octanol–water partition coefficient (Wildman–Crippen LogP) is 6.64. The van der Waals surface area contributed by atoms with Crippen LogP contribution in [0.5, 0.6) is 0 Å². The van der Waals surface area contributed by atoms with E-state index in [0.717, 1.165) is 38.2 Å². The van der Waals surface area contributed by atoms with Gasteiger partial charge in [-0.1, -0.05) is 52.0 Å². The van der Waals surface area contributed by atoms with Crippen molar-refractivity contribution in [3.63, 3.8) is 0 Å². The zero-order valence-corrected chi connectivity index (χ0v) is 17.3. The summed E-state index contributed by atoms with van der Waals surface area (Å²) in [6.45, 7) is 9.40. The summed E-state index contributed by atoms with van der Waals surface area (Å²) in [6, 6.07) is 8.98. The van der Waals surface area contributed by atoms with Crippen LogP contribution in [0.3, 0.4) is 0 Å². The topological polar surface area (TPSA) is 29.5 Å². The second-order valence-corrected chi connectivity index (χ2v) is 7.83. The Bertz CT molecular complexity index is 552. The predicted molar refractivity (Wildman–Crippen MR) is 111 cm³/mol. The fourth-order valence-corrected chi connectivity index (χ4v) is 3.82. The third-order valence-corrected chi connectivity index (χ3v) is 5.62. The molecule has 2 aliphatic rings. The van der Waals surface area contributed by atoms with Gasteiger partial charge in [0.1, 0.15) is 0 Å². The summed E-state index contributed by atoms with van der Waals surface area (Å²) in [5.74, 6) is 1.61. The van der Waals surface area contributed by atoms with Gasteiger partial charge in [0, 0.05) is 12.5 Å². The van der Waals surface area contributed by atoms with E-state index in [1.165, 1.54) is 42.4 Å². The molecule has 1 saturated carbocycles. The van der Waals surface area contributed by atoms with Crippen LogP contribution in [0.4, 0.5) is 0 Å². The van der Waals surface area contributed by atoms with Gasteiger partial charge in [-0.2, -0.15) is 0 Å². The molecule has 1 N–H and O–H groups in total. The standard InChI is InChI=1S/C22H32O2.C2H6/c1-16-5-4-14-24-21(16)7-3-6-18-8-10-19(11-9-18)15-17(2)22(23)20-12-13-20;1-2/h8-11,16-17,21,23H,3-7,12-15H2,1-2H3;1-2H3. The molecule has 0 aromatic heterocycles. The van der Waals surface area contributed by atoms with Gasteiger partial charge in [0.15, 0.2) is 0 Å². The van der Waals surface area contributed by atoms with Crippen LogP contribution < -0.4 is 0 Å². The number of rotatable bonds is 7. The van der Waals surface area contributed by atoms with E-state index in [-0.39, 0.29) is 5.92 Å². The molecule has 3 atom stereocenters. The highest BCUT2D eigenvalue weighted by atomic mass is 16.5. The number of benzene rings is 1. The fraction of sp³-hybridized carbons (Fsp3) is 0.667. The molecule has 0 spiro atoms. The van der Waals surface area contributed by atoms with E-state index >= 15 is 0 Å². The summed E-state index contributed by atoms with van der Waals surface area (Å²) in [7, 11) is 0. The molecule has 3 unspecified atom stereocenters. The molecule has 0 amide bonds. The Morgan fingerprint density at radius 3 is 2.42 bits per heavy atom. The second kappa shape index (κ2) is 10.8. The van der Waals surface area contributed by atoms with Crippen LogP contribution in [-0.2, 0) is 17.6 Å². The van der Waals surface area contributed by atoms with Crippen molar-refractivity contribution in [2.75, 3.05) is 6.61 Å². The quantitative estimate of drug-likeness (QED) is 0.554. The van der Waals surface area contributed by atoms with Crippen molar-refractivity contribution in [1.82, 2.24) is 0 Å². The lowest BCUT2D eigenvalue weighted by Crippen LogP contribution is -2.27. The van der Waals surface area contributed by atoms with Crippen LogP contribution in [0.2, 0.25) is 0 Å². The Balaban J connectivity index is 0.00000117. The van der Waals surface area contributed by atoms with Gasteiger partial charge >= 0.3 is 0 Å². The zero-order valence-electron chi connectivity index (χ0n) is 17.3. The Morgan fingerprint density at radius 1 is 1.15 bits per heavy atom. The molecule has 0 radical (unpaired) electrons. The maximum absolute atomic E-state index is 10.1. The highest BCUT2D eigenvalue weighted by Gasteiger charge is 2.22. The molecule has 3 rings (SSSR count). The van der Waals surface area contributed by atoms with Crippen molar-refractivity contribution in [3.8, 4) is 0 Å². The molecular formula is C24H38O2. The fourth-order valence-electron chi connectivity index (χ4n) is 3.82. The van der Waals surface area contributed by atoms with Gasteiger partial charge in [0.25, 0.3) is 0 Å². The molecule has 1 aromatic rings. The number of aryl methyl sites for hydroxylation is 1. The molecule has 1 aliphatic carbocycles. The van der Waals surface area contributed by atoms with Gasteiger partial charge in [-0.3, -0.25) is 0 Å². The number of hydrogen-bond donors (Lipinski definition) is 1. The van der Waals surface area contributed by atoms with Gasteiger partial charge in [-0.15, -0.1) is 0 Å². The lowest BCUT2D eigenvalue weighted by Gasteiger charge is -2.29. The molecule has 2 nitrogen and oxygen atoms in total. The minimum atomic E-state index is 0.248. The number of ether oxygens (including phenoxy) is 1. The lowest BCUT2D eigenvalue weighted by molar-refractivity contribution is -0.0255. The number of hydrogen-bond acceptors (Lipinski definition) is 2. The van der Waals surface area contributed by atoms with Crippen molar-refractivity contribution in [2.24, 2.45) is 11.8 Å². The van der Waals surface area contributed by atoms with Crippen LogP contribution >= 0.6 is 0 Å². The van der Waals surface area contributed by atoms with Crippen LogP contribution in [0.15, 0.2) is 35.6 Å². The SMILES string of the molecule is CC.CC(Cc1ccc(CCCC2OCCCC2C)cc1)C(O)=C1CC1. The third-order valence-electron chi connectivity index (χ3n) is 5.62. The highest BCUT2D eigenvalue weighted by molar-refractivity contribution is 5.26. The zero-order chi connectivity index (χ0) is 18.9. The number of aliphatic hydroxyl groups excluding tert-OH is 1. The van der Waals surface area contributed by atoms with Crippen molar-refractivity contribution in [3.05, 3.63) is 46.7 Å². The molecule has 0 bridgehead atoms. The maximum atomic E-state index is 10.1. The molecule has 26 heavy (non-hydrogen) atoms. The van der Waals surface area contributed by atoms with Gasteiger partial charge < -0.3 is 9.84 Å². The smallest absolute Gasteiger partial charge is 0.0946 e. The average molecular weight is 359 g/mol. The number of aliphatic hydroxyl groups is 1. The van der Waals surface area contributed by atoms with Crippen molar-refractivity contribution in [2.45, 2.75) is 85.2 Å². The van der Waals surface area contributed by atoms with Crippen molar-refractivity contribution < 1.29 is 9.84 Å². The maximum Gasteiger partial charge on any atom is 0.0946 e. The first-order valence-corrected chi connectivity index (χ1v) is 10.7. The Labute approximate surface area is 160 Å². The van der Waals surface area contributed by atoms with Gasteiger partial charge in [-0.25, -0.2) is 0 Å². The van der Waals surface area contributed by atoms with E-state index in [0.29, 0.717) is 11.9 Å². The van der Waals surface area contributed by atoms with Gasteiger partial charge in [0.2, 0.25) is 0 Å². The molecular weight excluding hydrogens is 320 g/mol. The minimum absolute atomic E-state index is 0.248. The van der Waals surface area contributed by atoms with Gasteiger partial charge in [-0.05, 0) is 74.0 Å². The van der Waals surface area contributed by atoms with E-state index in [4.69, 9.17) is 4.74 Å². The van der Waals surface area contributed by atoms with E-state index in [9.17, 15) is 5.11 Å². The van der Waals surface area contributed by atoms with Crippen LogP contribution in [0, 0.1) is 11.8 Å². The summed E-state index contributed by atoms with van der Waals surface area (Å²) in [4.78, 5) is 0. The minimum Gasteiger partial charge on any atom is -0.512 e. The van der Waals surface area contributed by atoms with Crippen LogP contribution in [0.25, 0.3) is 0 Å². The normalized spacial score (nSPS) is 23.0. The molecule has 1 saturated heterocycles. The molecule has 146 valence electrons. The Kier molecular flexibility index (Phi) is 8.71. The van der Waals surface area contributed by atoms with Crippen LogP contribution in [-0.4, -0.2) is 17.8 Å². The van der Waals surface area contributed by atoms with E-state index < -0.39 is 0 Å². The highest BCUT2D eigenvalue weighted by Crippen LogP contribution is 2.34. The van der Waals surface area contributed by atoms with Crippen LogP contribution in [0.1, 0.15) is 77.3 Å². The first-order chi connectivity index (χ1) is 12.6. The molecule has 1 aromatic carbocycles. The third kappa shape index (κ3) is 6.46. The summed E-state index contributed by atoms with van der Waals surface area (Å²) >= 11 is 0. The molecule has 2 fully saturated rings. The largest absolute Gasteiger partial charge is 0.512 e. The summed E-state index contributed by atoms with van der Waals surface area (Å²) in [5.41, 5.74) is 4.00. The average Bonchev–Trinajstić information content (AvgIpc) is 3.51. The van der Waals surface area contributed by atoms with E-state index in [1.54, 1.807) is 0 Å². The van der Waals surface area contributed by atoms with Crippen molar-refractivity contribution >= 4 is 0 Å². The van der Waals surface area contributed by atoms with Crippen molar-refractivity contribution in [1.29, 1.82) is 0 Å². The lowest BCUT2D eigenvalue weighted by atomic mass is 9.92. The summed E-state index contributed by atoms with van der Waals surface area (Å²) in [6.07, 6.45) is 9.67. The van der Waals surface area contributed by atoms with Gasteiger partial charge in [0.05, 0.1) is 11.9 Å².